The SMILES string of the molecule is Cc1ccccc1-c1ncc(Cl)o1. The van der Waals surface area contributed by atoms with E-state index in [0.29, 0.717) is 11.1 Å². The Morgan fingerprint density at radius 2 is 2.08 bits per heavy atom. The highest BCUT2D eigenvalue weighted by Gasteiger charge is 2.06. The van der Waals surface area contributed by atoms with Crippen molar-refractivity contribution in [1.29, 1.82) is 0 Å². The highest BCUT2D eigenvalue weighted by molar-refractivity contribution is 6.28. The Kier molecular flexibility index (Phi) is 2.07. The summed E-state index contributed by atoms with van der Waals surface area (Å²) in [5.41, 5.74) is 2.11. The third-order valence-electron chi connectivity index (χ3n) is 1.85. The molecular formula is C10H8ClNO. The fourth-order valence-electron chi connectivity index (χ4n) is 1.19. The van der Waals surface area contributed by atoms with Crippen molar-refractivity contribution < 1.29 is 4.42 Å². The molecule has 0 aliphatic carbocycles. The smallest absolute Gasteiger partial charge is 0.228 e. The molecule has 0 bridgehead atoms. The van der Waals surface area contributed by atoms with Crippen LogP contribution in [-0.2, 0) is 0 Å². The first-order chi connectivity index (χ1) is 6.27. The molecule has 2 aromatic rings. The van der Waals surface area contributed by atoms with Crippen LogP contribution >= 0.6 is 11.6 Å². The molecule has 0 aliphatic heterocycles. The van der Waals surface area contributed by atoms with Crippen LogP contribution in [-0.4, -0.2) is 4.98 Å². The highest BCUT2D eigenvalue weighted by atomic mass is 35.5. The zero-order valence-corrected chi connectivity index (χ0v) is 7.88. The Bertz CT molecular complexity index is 422. The summed E-state index contributed by atoms with van der Waals surface area (Å²) in [5, 5.41) is 0.318. The maximum absolute atomic E-state index is 5.63. The normalized spacial score (nSPS) is 10.3. The van der Waals surface area contributed by atoms with E-state index in [1.807, 2.05) is 31.2 Å². The molecular weight excluding hydrogens is 186 g/mol. The minimum atomic E-state index is 0.318. The Hall–Kier alpha value is -1.28. The van der Waals surface area contributed by atoms with Crippen molar-refractivity contribution in [3.8, 4) is 11.5 Å². The third-order valence-corrected chi connectivity index (χ3v) is 2.03. The fourth-order valence-corrected chi connectivity index (χ4v) is 1.31. The van der Waals surface area contributed by atoms with Crippen LogP contribution in [0, 0.1) is 6.92 Å². The number of aryl methyl sites for hydroxylation is 1. The van der Waals surface area contributed by atoms with Crippen molar-refractivity contribution in [2.24, 2.45) is 0 Å². The van der Waals surface area contributed by atoms with Crippen molar-refractivity contribution >= 4 is 11.6 Å². The summed E-state index contributed by atoms with van der Waals surface area (Å²) < 4.78 is 5.20. The Labute approximate surface area is 81.2 Å². The molecule has 0 N–H and O–H groups in total. The minimum absolute atomic E-state index is 0.318. The number of oxazole rings is 1. The molecule has 66 valence electrons. The van der Waals surface area contributed by atoms with Gasteiger partial charge in [0.1, 0.15) is 0 Å². The molecule has 1 aromatic carbocycles. The number of nitrogens with zero attached hydrogens (tertiary/aromatic N) is 1. The zero-order chi connectivity index (χ0) is 9.26. The first kappa shape index (κ1) is 8.32. The predicted molar refractivity (Wildman–Crippen MR) is 51.7 cm³/mol. The van der Waals surface area contributed by atoms with Gasteiger partial charge in [0, 0.05) is 5.56 Å². The van der Waals surface area contributed by atoms with Gasteiger partial charge in [0.15, 0.2) is 0 Å². The van der Waals surface area contributed by atoms with Gasteiger partial charge >= 0.3 is 0 Å². The summed E-state index contributed by atoms with van der Waals surface area (Å²) in [6, 6.07) is 7.88. The van der Waals surface area contributed by atoms with Gasteiger partial charge in [-0.1, -0.05) is 18.2 Å². The second-order valence-electron chi connectivity index (χ2n) is 2.78. The van der Waals surface area contributed by atoms with Crippen LogP contribution in [0.3, 0.4) is 0 Å². The lowest BCUT2D eigenvalue weighted by molar-refractivity contribution is 0.576. The standard InChI is InChI=1S/C10H8ClNO/c1-7-4-2-3-5-8(7)10-12-6-9(11)13-10/h2-6H,1H3. The summed E-state index contributed by atoms with van der Waals surface area (Å²) in [5.74, 6) is 0.572. The molecule has 0 aliphatic rings. The monoisotopic (exact) mass is 193 g/mol. The number of halogens is 1. The third kappa shape index (κ3) is 1.58. The van der Waals surface area contributed by atoms with E-state index in [1.54, 1.807) is 0 Å². The molecule has 2 nitrogen and oxygen atoms in total. The Morgan fingerprint density at radius 1 is 1.31 bits per heavy atom. The lowest BCUT2D eigenvalue weighted by Gasteiger charge is -1.98. The van der Waals surface area contributed by atoms with Gasteiger partial charge in [-0.25, -0.2) is 4.98 Å². The van der Waals surface area contributed by atoms with Crippen molar-refractivity contribution in [2.75, 3.05) is 0 Å². The molecule has 0 saturated heterocycles. The van der Waals surface area contributed by atoms with Crippen molar-refractivity contribution in [3.63, 3.8) is 0 Å². The van der Waals surface area contributed by atoms with Gasteiger partial charge < -0.3 is 4.42 Å². The molecule has 0 spiro atoms. The summed E-state index contributed by atoms with van der Waals surface area (Å²) in [6.45, 7) is 2.01. The van der Waals surface area contributed by atoms with E-state index >= 15 is 0 Å². The van der Waals surface area contributed by atoms with Crippen LogP contribution in [0.25, 0.3) is 11.5 Å². The van der Waals surface area contributed by atoms with E-state index in [9.17, 15) is 0 Å². The van der Waals surface area contributed by atoms with E-state index in [1.165, 1.54) is 6.20 Å². The topological polar surface area (TPSA) is 26.0 Å². The molecule has 1 aromatic heterocycles. The summed E-state index contributed by atoms with van der Waals surface area (Å²) in [4.78, 5) is 4.05. The second kappa shape index (κ2) is 3.23. The number of hydrogen-bond donors (Lipinski definition) is 0. The van der Waals surface area contributed by atoms with Crippen LogP contribution < -0.4 is 0 Å². The second-order valence-corrected chi connectivity index (χ2v) is 3.16. The van der Waals surface area contributed by atoms with Crippen LogP contribution in [0.4, 0.5) is 0 Å². The van der Waals surface area contributed by atoms with E-state index < -0.39 is 0 Å². The predicted octanol–water partition coefficient (Wildman–Crippen LogP) is 3.30. The van der Waals surface area contributed by atoms with Gasteiger partial charge in [0.05, 0.1) is 6.20 Å². The molecule has 13 heavy (non-hydrogen) atoms. The van der Waals surface area contributed by atoms with E-state index in [-0.39, 0.29) is 0 Å². The average Bonchev–Trinajstić information content (AvgIpc) is 2.53. The number of hydrogen-bond acceptors (Lipinski definition) is 2. The Balaban J connectivity index is 2.52. The van der Waals surface area contributed by atoms with Gasteiger partial charge in [0.2, 0.25) is 11.1 Å². The average molecular weight is 194 g/mol. The minimum Gasteiger partial charge on any atom is -0.425 e. The van der Waals surface area contributed by atoms with Crippen LogP contribution in [0.5, 0.6) is 0 Å². The van der Waals surface area contributed by atoms with Gasteiger partial charge in [-0.05, 0) is 30.2 Å². The first-order valence-corrected chi connectivity index (χ1v) is 4.32. The van der Waals surface area contributed by atoms with Crippen LogP contribution in [0.2, 0.25) is 5.22 Å². The quantitative estimate of drug-likeness (QED) is 0.695. The lowest BCUT2D eigenvalue weighted by Crippen LogP contribution is -1.80. The molecule has 1 heterocycles. The van der Waals surface area contributed by atoms with Gasteiger partial charge in [-0.3, -0.25) is 0 Å². The van der Waals surface area contributed by atoms with Gasteiger partial charge in [-0.2, -0.15) is 0 Å². The molecule has 0 unspecified atom stereocenters. The van der Waals surface area contributed by atoms with E-state index in [4.69, 9.17) is 16.0 Å². The molecule has 3 heteroatoms. The molecule has 0 fully saturated rings. The Morgan fingerprint density at radius 3 is 2.69 bits per heavy atom. The number of benzene rings is 1. The number of rotatable bonds is 1. The first-order valence-electron chi connectivity index (χ1n) is 3.95. The maximum Gasteiger partial charge on any atom is 0.228 e. The van der Waals surface area contributed by atoms with E-state index in [0.717, 1.165) is 11.1 Å². The summed E-state index contributed by atoms with van der Waals surface area (Å²) in [7, 11) is 0. The molecule has 0 radical (unpaired) electrons. The van der Waals surface area contributed by atoms with Gasteiger partial charge in [0.25, 0.3) is 0 Å². The largest absolute Gasteiger partial charge is 0.425 e. The van der Waals surface area contributed by atoms with Crippen LogP contribution in [0.15, 0.2) is 34.9 Å². The van der Waals surface area contributed by atoms with Crippen molar-refractivity contribution in [2.45, 2.75) is 6.92 Å². The molecule has 0 atom stereocenters. The van der Waals surface area contributed by atoms with Crippen molar-refractivity contribution in [3.05, 3.63) is 41.2 Å². The number of aromatic nitrogens is 1. The van der Waals surface area contributed by atoms with Crippen LogP contribution in [0.1, 0.15) is 5.56 Å². The fraction of sp³-hybridized carbons (Fsp3) is 0.100. The molecule has 0 amide bonds. The molecule has 2 rings (SSSR count). The highest BCUT2D eigenvalue weighted by Crippen LogP contribution is 2.24. The maximum atomic E-state index is 5.63. The van der Waals surface area contributed by atoms with Crippen molar-refractivity contribution in [1.82, 2.24) is 4.98 Å². The summed E-state index contributed by atoms with van der Waals surface area (Å²) >= 11 is 5.63. The zero-order valence-electron chi connectivity index (χ0n) is 7.12. The lowest BCUT2D eigenvalue weighted by atomic mass is 10.1. The van der Waals surface area contributed by atoms with Gasteiger partial charge in [-0.15, -0.1) is 0 Å². The summed E-state index contributed by atoms with van der Waals surface area (Å²) in [6.07, 6.45) is 1.50. The van der Waals surface area contributed by atoms with E-state index in [2.05, 4.69) is 4.98 Å². The molecule has 0 saturated carbocycles.